The zero-order valence-corrected chi connectivity index (χ0v) is 11.7. The Labute approximate surface area is 124 Å². The molecule has 1 aromatic heterocycles. The molecule has 0 spiro atoms. The minimum atomic E-state index is -0.720. The highest BCUT2D eigenvalue weighted by Gasteiger charge is 2.04. The Morgan fingerprint density at radius 2 is 2.14 bits per heavy atom. The van der Waals surface area contributed by atoms with Gasteiger partial charge in [-0.1, -0.05) is 24.3 Å². The lowest BCUT2D eigenvalue weighted by molar-refractivity contribution is -0.119. The molecule has 0 aliphatic heterocycles. The van der Waals surface area contributed by atoms with Gasteiger partial charge in [0, 0.05) is 0 Å². The van der Waals surface area contributed by atoms with Crippen LogP contribution in [0.25, 0.3) is 0 Å². The summed E-state index contributed by atoms with van der Waals surface area (Å²) in [4.78, 5) is 35.7. The monoisotopic (exact) mass is 302 g/mol. The first-order valence-electron chi connectivity index (χ1n) is 6.36. The maximum Gasteiger partial charge on any atom is 0.342 e. The van der Waals surface area contributed by atoms with Crippen molar-refractivity contribution in [3.05, 3.63) is 56.2 Å². The van der Waals surface area contributed by atoms with Crippen LogP contribution in [-0.4, -0.2) is 33.8 Å². The summed E-state index contributed by atoms with van der Waals surface area (Å²) in [6, 6.07) is 7.57. The topological polar surface area (TPSA) is 132 Å². The van der Waals surface area contributed by atoms with Crippen molar-refractivity contribution in [1.29, 1.82) is 0 Å². The van der Waals surface area contributed by atoms with E-state index in [-0.39, 0.29) is 12.4 Å². The number of rotatable bonds is 5. The van der Waals surface area contributed by atoms with Crippen LogP contribution in [0.4, 0.5) is 5.82 Å². The van der Waals surface area contributed by atoms with Gasteiger partial charge in [-0.3, -0.25) is 14.6 Å². The largest absolute Gasteiger partial charge is 0.355 e. The maximum atomic E-state index is 11.6. The second kappa shape index (κ2) is 6.97. The minimum absolute atomic E-state index is 0.155. The molecule has 4 N–H and O–H groups in total. The number of aromatic amines is 2. The van der Waals surface area contributed by atoms with Gasteiger partial charge >= 0.3 is 5.69 Å². The molecular weight excluding hydrogens is 288 g/mol. The zero-order valence-electron chi connectivity index (χ0n) is 11.7. The van der Waals surface area contributed by atoms with Crippen LogP contribution in [0.15, 0.2) is 39.0 Å². The molecule has 0 radical (unpaired) electrons. The van der Waals surface area contributed by atoms with Crippen LogP contribution in [0.2, 0.25) is 0 Å². The van der Waals surface area contributed by atoms with Crippen molar-refractivity contribution in [2.45, 2.75) is 6.92 Å². The third kappa shape index (κ3) is 4.13. The Morgan fingerprint density at radius 3 is 2.86 bits per heavy atom. The smallest absolute Gasteiger partial charge is 0.342 e. The summed E-state index contributed by atoms with van der Waals surface area (Å²) >= 11 is 0. The van der Waals surface area contributed by atoms with Gasteiger partial charge < -0.3 is 5.32 Å². The lowest BCUT2D eigenvalue weighted by atomic mass is 10.1. The molecule has 1 aromatic carbocycles. The lowest BCUT2D eigenvalue weighted by Crippen LogP contribution is -2.31. The van der Waals surface area contributed by atoms with E-state index < -0.39 is 17.2 Å². The van der Waals surface area contributed by atoms with Crippen LogP contribution in [0.5, 0.6) is 0 Å². The van der Waals surface area contributed by atoms with E-state index in [1.54, 1.807) is 0 Å². The molecule has 1 heterocycles. The third-order valence-corrected chi connectivity index (χ3v) is 2.71. The van der Waals surface area contributed by atoms with E-state index in [2.05, 4.69) is 26.0 Å². The number of H-pyrrole nitrogens is 2. The molecule has 0 saturated heterocycles. The first-order chi connectivity index (χ1) is 10.6. The van der Waals surface area contributed by atoms with E-state index in [0.29, 0.717) is 0 Å². The van der Waals surface area contributed by atoms with Gasteiger partial charge in [-0.2, -0.15) is 5.10 Å². The van der Waals surface area contributed by atoms with Crippen molar-refractivity contribution in [2.24, 2.45) is 5.10 Å². The number of aryl methyl sites for hydroxylation is 1. The number of anilines is 1. The molecule has 9 nitrogen and oxygen atoms in total. The number of aromatic nitrogens is 3. The van der Waals surface area contributed by atoms with E-state index in [1.165, 1.54) is 6.21 Å². The van der Waals surface area contributed by atoms with Gasteiger partial charge in [0.1, 0.15) is 0 Å². The number of benzene rings is 1. The van der Waals surface area contributed by atoms with Crippen LogP contribution in [0.1, 0.15) is 11.1 Å². The molecule has 22 heavy (non-hydrogen) atoms. The Balaban J connectivity index is 1.87. The van der Waals surface area contributed by atoms with Crippen LogP contribution in [-0.2, 0) is 4.79 Å². The number of nitrogens with one attached hydrogen (secondary N) is 4. The molecule has 0 bridgehead atoms. The number of hydrogen-bond donors (Lipinski definition) is 4. The fourth-order valence-electron chi connectivity index (χ4n) is 1.58. The van der Waals surface area contributed by atoms with Crippen molar-refractivity contribution in [2.75, 3.05) is 11.9 Å². The first-order valence-corrected chi connectivity index (χ1v) is 6.36. The van der Waals surface area contributed by atoms with Gasteiger partial charge in [0.15, 0.2) is 0 Å². The summed E-state index contributed by atoms with van der Waals surface area (Å²) in [5.74, 6) is -0.616. The van der Waals surface area contributed by atoms with E-state index in [1.807, 2.05) is 36.2 Å². The van der Waals surface area contributed by atoms with Crippen LogP contribution in [0, 0.1) is 6.92 Å². The molecule has 2 rings (SSSR count). The van der Waals surface area contributed by atoms with Crippen LogP contribution < -0.4 is 22.0 Å². The summed E-state index contributed by atoms with van der Waals surface area (Å²) in [6.07, 6.45) is 1.53. The number of carbonyl (C=O) groups is 1. The highest BCUT2D eigenvalue weighted by Crippen LogP contribution is 2.02. The molecule has 0 aliphatic carbocycles. The number of carbonyl (C=O) groups excluding carboxylic acids is 1. The highest BCUT2D eigenvalue weighted by atomic mass is 16.2. The molecule has 0 aliphatic rings. The number of amides is 1. The van der Waals surface area contributed by atoms with Gasteiger partial charge in [-0.15, -0.1) is 5.10 Å². The second-order valence-corrected chi connectivity index (χ2v) is 4.36. The average Bonchev–Trinajstić information content (AvgIpc) is 2.48. The Hall–Kier alpha value is -3.23. The summed E-state index contributed by atoms with van der Waals surface area (Å²) < 4.78 is 0. The molecule has 2 aromatic rings. The number of hydrogen-bond acceptors (Lipinski definition) is 6. The van der Waals surface area contributed by atoms with Crippen molar-refractivity contribution in [1.82, 2.24) is 20.6 Å². The molecule has 114 valence electrons. The predicted octanol–water partition coefficient (Wildman–Crippen LogP) is -0.671. The molecule has 0 atom stereocenters. The summed E-state index contributed by atoms with van der Waals surface area (Å²) in [7, 11) is 0. The maximum absolute atomic E-state index is 11.6. The van der Waals surface area contributed by atoms with Crippen molar-refractivity contribution in [3.8, 4) is 0 Å². The first kappa shape index (κ1) is 15.2. The molecular formula is C13H14N6O3. The molecule has 1 amide bonds. The normalized spacial score (nSPS) is 10.6. The zero-order chi connectivity index (χ0) is 15.9. The predicted molar refractivity (Wildman–Crippen MR) is 80.9 cm³/mol. The Kier molecular flexibility index (Phi) is 4.81. The van der Waals surface area contributed by atoms with Crippen LogP contribution in [0.3, 0.4) is 0 Å². The van der Waals surface area contributed by atoms with Crippen LogP contribution >= 0.6 is 0 Å². The molecule has 0 unspecified atom stereocenters. The van der Waals surface area contributed by atoms with Gasteiger partial charge in [0.2, 0.25) is 5.82 Å². The molecule has 9 heteroatoms. The fourth-order valence-corrected chi connectivity index (χ4v) is 1.58. The Bertz CT molecular complexity index is 808. The number of hydrazone groups is 1. The van der Waals surface area contributed by atoms with Gasteiger partial charge in [0.05, 0.1) is 12.8 Å². The van der Waals surface area contributed by atoms with Crippen molar-refractivity contribution < 1.29 is 4.79 Å². The van der Waals surface area contributed by atoms with Crippen molar-refractivity contribution >= 4 is 17.9 Å². The number of nitrogens with zero attached hydrogens (tertiary/aromatic N) is 2. The fraction of sp³-hybridized carbons (Fsp3) is 0.154. The molecule has 0 fully saturated rings. The SMILES string of the molecule is Cc1ccccc1/C=N/NC(=O)CNc1n[nH]c(=O)[nH]c1=O. The van der Waals surface area contributed by atoms with Crippen molar-refractivity contribution in [3.63, 3.8) is 0 Å². The summed E-state index contributed by atoms with van der Waals surface area (Å²) in [5.41, 5.74) is 2.80. The average molecular weight is 302 g/mol. The van der Waals surface area contributed by atoms with Gasteiger partial charge in [-0.25, -0.2) is 15.3 Å². The van der Waals surface area contributed by atoms with Gasteiger partial charge in [0.25, 0.3) is 11.5 Å². The van der Waals surface area contributed by atoms with E-state index >= 15 is 0 Å². The quantitative estimate of drug-likeness (QED) is 0.429. The highest BCUT2D eigenvalue weighted by molar-refractivity contribution is 5.85. The summed E-state index contributed by atoms with van der Waals surface area (Å²) in [6.45, 7) is 1.71. The second-order valence-electron chi connectivity index (χ2n) is 4.36. The van der Waals surface area contributed by atoms with Gasteiger partial charge in [-0.05, 0) is 18.1 Å². The minimum Gasteiger partial charge on any atom is -0.355 e. The summed E-state index contributed by atoms with van der Waals surface area (Å²) in [5, 5.41) is 11.8. The van der Waals surface area contributed by atoms with E-state index in [4.69, 9.17) is 0 Å². The third-order valence-electron chi connectivity index (χ3n) is 2.71. The Morgan fingerprint density at radius 1 is 1.36 bits per heavy atom. The molecule has 0 saturated carbocycles. The lowest BCUT2D eigenvalue weighted by Gasteiger charge is -2.02. The van der Waals surface area contributed by atoms with E-state index in [9.17, 15) is 14.4 Å². The standard InChI is InChI=1S/C13H14N6O3/c1-8-4-2-3-5-9(8)6-15-17-10(20)7-14-11-12(21)16-13(22)19-18-11/h2-6H,7H2,1H3,(H,14,18)(H,17,20)(H2,16,19,21,22)/b15-6+. The van der Waals surface area contributed by atoms with E-state index in [0.717, 1.165) is 11.1 Å².